The Balaban J connectivity index is 1.63. The van der Waals surface area contributed by atoms with E-state index in [1.165, 1.54) is 44.9 Å². The van der Waals surface area contributed by atoms with Gasteiger partial charge in [-0.25, -0.2) is 0 Å². The molecule has 2 rings (SSSR count). The Bertz CT molecular complexity index is 261. The first kappa shape index (κ1) is 13.9. The van der Waals surface area contributed by atoms with Gasteiger partial charge >= 0.3 is 0 Å². The van der Waals surface area contributed by atoms with Crippen LogP contribution >= 0.6 is 0 Å². The van der Waals surface area contributed by atoms with Crippen molar-refractivity contribution >= 4 is 5.91 Å². The second kappa shape index (κ2) is 7.13. The van der Waals surface area contributed by atoms with Crippen molar-refractivity contribution in [2.45, 2.75) is 64.3 Å². The highest BCUT2D eigenvalue weighted by atomic mass is 16.2. The maximum absolute atomic E-state index is 11.9. The third kappa shape index (κ3) is 3.98. The Hall–Kier alpha value is -0.570. The van der Waals surface area contributed by atoms with E-state index in [1.807, 2.05) is 0 Å². The van der Waals surface area contributed by atoms with Crippen LogP contribution in [-0.2, 0) is 4.79 Å². The summed E-state index contributed by atoms with van der Waals surface area (Å²) in [5.74, 6) is 1.90. The van der Waals surface area contributed by atoms with Gasteiger partial charge in [-0.3, -0.25) is 4.79 Å². The Kier molecular flexibility index (Phi) is 5.48. The van der Waals surface area contributed by atoms with Crippen LogP contribution in [0.15, 0.2) is 0 Å². The SMILES string of the molecule is CC1CCCCC1CCNC(=O)C1CCCCN1. The summed E-state index contributed by atoms with van der Waals surface area (Å²) in [7, 11) is 0. The van der Waals surface area contributed by atoms with E-state index < -0.39 is 0 Å². The fourth-order valence-electron chi connectivity index (χ4n) is 3.40. The molecule has 1 amide bonds. The summed E-state index contributed by atoms with van der Waals surface area (Å²) in [6, 6.07) is 0.0718. The van der Waals surface area contributed by atoms with E-state index in [4.69, 9.17) is 0 Å². The number of hydrogen-bond donors (Lipinski definition) is 2. The minimum absolute atomic E-state index is 0.0718. The molecular weight excluding hydrogens is 224 g/mol. The molecule has 2 fully saturated rings. The fourth-order valence-corrected chi connectivity index (χ4v) is 3.40. The molecule has 0 aromatic carbocycles. The van der Waals surface area contributed by atoms with Crippen molar-refractivity contribution in [2.24, 2.45) is 11.8 Å². The molecule has 1 heterocycles. The highest BCUT2D eigenvalue weighted by Gasteiger charge is 2.23. The normalized spacial score (nSPS) is 33.1. The second-order valence-electron chi connectivity index (χ2n) is 6.10. The van der Waals surface area contributed by atoms with Crippen LogP contribution in [0.3, 0.4) is 0 Å². The molecule has 0 aromatic rings. The van der Waals surface area contributed by atoms with Gasteiger partial charge in [-0.15, -0.1) is 0 Å². The standard InChI is InChI=1S/C15H28N2O/c1-12-6-2-3-7-13(12)9-11-17-15(18)14-8-4-5-10-16-14/h12-14,16H,2-11H2,1H3,(H,17,18). The lowest BCUT2D eigenvalue weighted by Gasteiger charge is -2.29. The zero-order chi connectivity index (χ0) is 12.8. The smallest absolute Gasteiger partial charge is 0.237 e. The number of nitrogens with one attached hydrogen (secondary N) is 2. The summed E-state index contributed by atoms with van der Waals surface area (Å²) in [5.41, 5.74) is 0. The van der Waals surface area contributed by atoms with E-state index >= 15 is 0 Å². The average Bonchev–Trinajstić information content (AvgIpc) is 2.42. The Morgan fingerprint density at radius 3 is 2.67 bits per heavy atom. The highest BCUT2D eigenvalue weighted by Crippen LogP contribution is 2.31. The zero-order valence-electron chi connectivity index (χ0n) is 11.7. The van der Waals surface area contributed by atoms with Crippen LogP contribution in [0.2, 0.25) is 0 Å². The van der Waals surface area contributed by atoms with Gasteiger partial charge in [0.25, 0.3) is 0 Å². The van der Waals surface area contributed by atoms with Gasteiger partial charge in [0.15, 0.2) is 0 Å². The molecule has 3 atom stereocenters. The lowest BCUT2D eigenvalue weighted by molar-refractivity contribution is -0.123. The first-order chi connectivity index (χ1) is 8.77. The molecule has 0 radical (unpaired) electrons. The van der Waals surface area contributed by atoms with Crippen molar-refractivity contribution < 1.29 is 4.79 Å². The van der Waals surface area contributed by atoms with Crippen molar-refractivity contribution in [3.63, 3.8) is 0 Å². The highest BCUT2D eigenvalue weighted by molar-refractivity contribution is 5.81. The predicted octanol–water partition coefficient (Wildman–Crippen LogP) is 2.46. The van der Waals surface area contributed by atoms with Gasteiger partial charge in [-0.05, 0) is 37.6 Å². The topological polar surface area (TPSA) is 41.1 Å². The number of carbonyl (C=O) groups is 1. The summed E-state index contributed by atoms with van der Waals surface area (Å²) in [6.07, 6.45) is 10.1. The molecule has 0 bridgehead atoms. The lowest BCUT2D eigenvalue weighted by atomic mass is 9.79. The monoisotopic (exact) mass is 252 g/mol. The zero-order valence-corrected chi connectivity index (χ0v) is 11.7. The van der Waals surface area contributed by atoms with Crippen LogP contribution in [0, 0.1) is 11.8 Å². The number of carbonyl (C=O) groups excluding carboxylic acids is 1. The van der Waals surface area contributed by atoms with E-state index in [-0.39, 0.29) is 11.9 Å². The van der Waals surface area contributed by atoms with Crippen LogP contribution in [0.25, 0.3) is 0 Å². The number of amides is 1. The van der Waals surface area contributed by atoms with Crippen LogP contribution in [0.4, 0.5) is 0 Å². The minimum Gasteiger partial charge on any atom is -0.355 e. The summed E-state index contributed by atoms with van der Waals surface area (Å²) in [4.78, 5) is 11.9. The third-order valence-corrected chi connectivity index (χ3v) is 4.73. The molecule has 1 aliphatic carbocycles. The first-order valence-electron chi connectivity index (χ1n) is 7.78. The number of piperidine rings is 1. The van der Waals surface area contributed by atoms with Crippen LogP contribution in [-0.4, -0.2) is 25.0 Å². The summed E-state index contributed by atoms with van der Waals surface area (Å²) in [6.45, 7) is 4.23. The maximum Gasteiger partial charge on any atom is 0.237 e. The minimum atomic E-state index is 0.0718. The van der Waals surface area contributed by atoms with E-state index in [2.05, 4.69) is 17.6 Å². The van der Waals surface area contributed by atoms with Gasteiger partial charge < -0.3 is 10.6 Å². The van der Waals surface area contributed by atoms with E-state index in [1.54, 1.807) is 0 Å². The summed E-state index contributed by atoms with van der Waals surface area (Å²) in [5, 5.41) is 6.42. The van der Waals surface area contributed by atoms with Crippen LogP contribution in [0.1, 0.15) is 58.3 Å². The molecule has 2 aliphatic rings. The quantitative estimate of drug-likeness (QED) is 0.807. The molecule has 3 heteroatoms. The molecule has 3 nitrogen and oxygen atoms in total. The lowest BCUT2D eigenvalue weighted by Crippen LogP contribution is -2.47. The molecule has 3 unspecified atom stereocenters. The first-order valence-corrected chi connectivity index (χ1v) is 7.78. The number of hydrogen-bond acceptors (Lipinski definition) is 2. The Morgan fingerprint density at radius 2 is 1.94 bits per heavy atom. The average molecular weight is 252 g/mol. The molecule has 0 spiro atoms. The second-order valence-corrected chi connectivity index (χ2v) is 6.10. The van der Waals surface area contributed by atoms with Gasteiger partial charge in [-0.2, -0.15) is 0 Å². The molecule has 1 saturated carbocycles. The van der Waals surface area contributed by atoms with Crippen LogP contribution < -0.4 is 10.6 Å². The van der Waals surface area contributed by atoms with E-state index in [9.17, 15) is 4.79 Å². The maximum atomic E-state index is 11.9. The van der Waals surface area contributed by atoms with Crippen molar-refractivity contribution in [3.8, 4) is 0 Å². The molecule has 104 valence electrons. The van der Waals surface area contributed by atoms with Crippen LogP contribution in [0.5, 0.6) is 0 Å². The van der Waals surface area contributed by atoms with Crippen molar-refractivity contribution in [1.29, 1.82) is 0 Å². The molecule has 18 heavy (non-hydrogen) atoms. The third-order valence-electron chi connectivity index (χ3n) is 4.73. The molecule has 2 N–H and O–H groups in total. The molecule has 1 saturated heterocycles. The largest absolute Gasteiger partial charge is 0.355 e. The van der Waals surface area contributed by atoms with Gasteiger partial charge in [0.2, 0.25) is 5.91 Å². The van der Waals surface area contributed by atoms with Gasteiger partial charge in [0.1, 0.15) is 0 Å². The van der Waals surface area contributed by atoms with Gasteiger partial charge in [-0.1, -0.05) is 39.0 Å². The van der Waals surface area contributed by atoms with Crippen molar-refractivity contribution in [3.05, 3.63) is 0 Å². The van der Waals surface area contributed by atoms with E-state index in [0.717, 1.165) is 31.3 Å². The number of rotatable bonds is 4. The fraction of sp³-hybridized carbons (Fsp3) is 0.933. The molecular formula is C15H28N2O. The Labute approximate surface area is 111 Å². The Morgan fingerprint density at radius 1 is 1.17 bits per heavy atom. The van der Waals surface area contributed by atoms with E-state index in [0.29, 0.717) is 0 Å². The summed E-state index contributed by atoms with van der Waals surface area (Å²) >= 11 is 0. The van der Waals surface area contributed by atoms with Crippen molar-refractivity contribution in [1.82, 2.24) is 10.6 Å². The van der Waals surface area contributed by atoms with Gasteiger partial charge in [0, 0.05) is 6.54 Å². The van der Waals surface area contributed by atoms with Crippen molar-refractivity contribution in [2.75, 3.05) is 13.1 Å². The summed E-state index contributed by atoms with van der Waals surface area (Å²) < 4.78 is 0. The van der Waals surface area contributed by atoms with Gasteiger partial charge in [0.05, 0.1) is 6.04 Å². The molecule has 1 aliphatic heterocycles. The predicted molar refractivity (Wildman–Crippen MR) is 74.4 cm³/mol. The molecule has 0 aromatic heterocycles.